The fraction of sp³-hybridized carbons (Fsp3) is 0.429. The van der Waals surface area contributed by atoms with Gasteiger partial charge in [0, 0.05) is 5.56 Å². The van der Waals surface area contributed by atoms with E-state index in [1.807, 2.05) is 0 Å². The van der Waals surface area contributed by atoms with Crippen molar-refractivity contribution in [2.24, 2.45) is 0 Å². The first-order valence-electron chi connectivity index (χ1n) is 3.88. The van der Waals surface area contributed by atoms with Gasteiger partial charge in [0.05, 0.1) is 12.3 Å². The van der Waals surface area contributed by atoms with Crippen molar-refractivity contribution in [2.45, 2.75) is 19.1 Å². The SMILES string of the molecule is Cc1cn[nH]c1NS(=O)(=O)C(C)C#N. The van der Waals surface area contributed by atoms with Gasteiger partial charge in [0.15, 0.2) is 5.25 Å². The molecule has 14 heavy (non-hydrogen) atoms. The van der Waals surface area contributed by atoms with Crippen LogP contribution in [0.3, 0.4) is 0 Å². The van der Waals surface area contributed by atoms with Crippen molar-refractivity contribution in [1.82, 2.24) is 10.2 Å². The molecule has 6 nitrogen and oxygen atoms in total. The average Bonchev–Trinajstić information content (AvgIpc) is 2.50. The molecule has 0 aliphatic heterocycles. The Kier molecular flexibility index (Phi) is 2.76. The molecule has 0 amide bonds. The van der Waals surface area contributed by atoms with Crippen LogP contribution in [0.1, 0.15) is 12.5 Å². The van der Waals surface area contributed by atoms with E-state index < -0.39 is 15.3 Å². The molecule has 0 saturated heterocycles. The third-order valence-electron chi connectivity index (χ3n) is 1.72. The number of anilines is 1. The molecule has 0 aliphatic rings. The number of aryl methyl sites for hydroxylation is 1. The Balaban J connectivity index is 2.91. The van der Waals surface area contributed by atoms with E-state index in [-0.39, 0.29) is 0 Å². The minimum absolute atomic E-state index is 0.298. The molecule has 0 radical (unpaired) electrons. The lowest BCUT2D eigenvalue weighted by Crippen LogP contribution is -2.24. The molecule has 0 spiro atoms. The molecule has 0 aromatic carbocycles. The van der Waals surface area contributed by atoms with E-state index in [1.165, 1.54) is 13.1 Å². The van der Waals surface area contributed by atoms with Gasteiger partial charge in [-0.1, -0.05) is 0 Å². The Morgan fingerprint density at radius 2 is 2.36 bits per heavy atom. The maximum atomic E-state index is 11.4. The van der Waals surface area contributed by atoms with Crippen molar-refractivity contribution in [3.63, 3.8) is 0 Å². The second-order valence-corrected chi connectivity index (χ2v) is 4.85. The molecular weight excluding hydrogens is 204 g/mol. The fourth-order valence-corrected chi connectivity index (χ4v) is 1.56. The highest BCUT2D eigenvalue weighted by atomic mass is 32.2. The molecule has 1 aromatic rings. The van der Waals surface area contributed by atoms with Crippen molar-refractivity contribution in [2.75, 3.05) is 4.72 Å². The van der Waals surface area contributed by atoms with Crippen LogP contribution in [0.2, 0.25) is 0 Å². The Morgan fingerprint density at radius 1 is 1.71 bits per heavy atom. The summed E-state index contributed by atoms with van der Waals surface area (Å²) in [5, 5.41) is 13.5. The lowest BCUT2D eigenvalue weighted by molar-refractivity contribution is 0.597. The molecule has 7 heteroatoms. The van der Waals surface area contributed by atoms with Crippen LogP contribution in [0.25, 0.3) is 0 Å². The predicted molar refractivity (Wildman–Crippen MR) is 50.9 cm³/mol. The molecule has 0 bridgehead atoms. The van der Waals surface area contributed by atoms with Gasteiger partial charge in [0.1, 0.15) is 5.82 Å². The van der Waals surface area contributed by atoms with Crippen molar-refractivity contribution in [3.05, 3.63) is 11.8 Å². The van der Waals surface area contributed by atoms with E-state index in [1.54, 1.807) is 13.0 Å². The van der Waals surface area contributed by atoms with Crippen molar-refractivity contribution in [1.29, 1.82) is 5.26 Å². The summed E-state index contributed by atoms with van der Waals surface area (Å²) < 4.78 is 25.0. The molecule has 76 valence electrons. The number of nitrogens with one attached hydrogen (secondary N) is 2. The van der Waals surface area contributed by atoms with E-state index in [9.17, 15) is 8.42 Å². The molecule has 1 aromatic heterocycles. The molecule has 0 fully saturated rings. The van der Waals surface area contributed by atoms with E-state index in [0.717, 1.165) is 0 Å². The van der Waals surface area contributed by atoms with Crippen LogP contribution in [0.15, 0.2) is 6.20 Å². The van der Waals surface area contributed by atoms with Gasteiger partial charge in [0.2, 0.25) is 10.0 Å². The van der Waals surface area contributed by atoms with Crippen LogP contribution in [0.4, 0.5) is 5.82 Å². The number of H-pyrrole nitrogens is 1. The summed E-state index contributed by atoms with van der Waals surface area (Å²) in [7, 11) is -3.64. The first-order valence-corrected chi connectivity index (χ1v) is 5.43. The largest absolute Gasteiger partial charge is 0.266 e. The number of nitrogens with zero attached hydrogens (tertiary/aromatic N) is 2. The smallest absolute Gasteiger partial charge is 0.250 e. The summed E-state index contributed by atoms with van der Waals surface area (Å²) in [6, 6.07) is 1.65. The van der Waals surface area contributed by atoms with Gasteiger partial charge in [0.25, 0.3) is 0 Å². The topological polar surface area (TPSA) is 98.6 Å². The van der Waals surface area contributed by atoms with Crippen molar-refractivity contribution < 1.29 is 8.42 Å². The van der Waals surface area contributed by atoms with Crippen LogP contribution in [0, 0.1) is 18.3 Å². The standard InChI is InChI=1S/C7H10N4O2S/c1-5-4-9-10-7(5)11-14(12,13)6(2)3-8/h4,6H,1-2H3,(H2,9,10,11). The number of aromatic nitrogens is 2. The molecule has 2 N–H and O–H groups in total. The summed E-state index contributed by atoms with van der Waals surface area (Å²) in [6.07, 6.45) is 1.49. The number of rotatable bonds is 3. The van der Waals surface area contributed by atoms with Gasteiger partial charge in [-0.2, -0.15) is 10.4 Å². The Morgan fingerprint density at radius 3 is 2.79 bits per heavy atom. The minimum atomic E-state index is -3.64. The Hall–Kier alpha value is -1.55. The molecule has 1 rings (SSSR count). The lowest BCUT2D eigenvalue weighted by Gasteiger charge is -2.07. The maximum absolute atomic E-state index is 11.4. The highest BCUT2D eigenvalue weighted by Gasteiger charge is 2.21. The third-order valence-corrected chi connectivity index (χ3v) is 3.25. The molecule has 1 atom stereocenters. The van der Waals surface area contributed by atoms with Crippen LogP contribution in [-0.4, -0.2) is 23.9 Å². The highest BCUT2D eigenvalue weighted by molar-refractivity contribution is 7.93. The quantitative estimate of drug-likeness (QED) is 0.759. The van der Waals surface area contributed by atoms with Gasteiger partial charge < -0.3 is 0 Å². The zero-order chi connectivity index (χ0) is 10.8. The number of hydrogen-bond acceptors (Lipinski definition) is 4. The van der Waals surface area contributed by atoms with E-state index >= 15 is 0 Å². The van der Waals surface area contributed by atoms with Gasteiger partial charge in [-0.25, -0.2) is 8.42 Å². The van der Waals surface area contributed by atoms with Gasteiger partial charge in [-0.3, -0.25) is 9.82 Å². The second-order valence-electron chi connectivity index (χ2n) is 2.85. The first kappa shape index (κ1) is 10.5. The van der Waals surface area contributed by atoms with Gasteiger partial charge in [-0.15, -0.1) is 0 Å². The Labute approximate surface area is 82.0 Å². The molecule has 0 aliphatic carbocycles. The van der Waals surface area contributed by atoms with Gasteiger partial charge in [-0.05, 0) is 13.8 Å². The van der Waals surface area contributed by atoms with Crippen LogP contribution >= 0.6 is 0 Å². The number of nitriles is 1. The zero-order valence-corrected chi connectivity index (χ0v) is 8.59. The second kappa shape index (κ2) is 3.67. The monoisotopic (exact) mass is 214 g/mol. The van der Waals surface area contributed by atoms with E-state index in [2.05, 4.69) is 14.9 Å². The highest BCUT2D eigenvalue weighted by Crippen LogP contribution is 2.12. The predicted octanol–water partition coefficient (Wildman–Crippen LogP) is 0.372. The molecular formula is C7H10N4O2S. The zero-order valence-electron chi connectivity index (χ0n) is 7.77. The van der Waals surface area contributed by atoms with Crippen LogP contribution in [-0.2, 0) is 10.0 Å². The third kappa shape index (κ3) is 2.03. The number of aromatic amines is 1. The number of sulfonamides is 1. The average molecular weight is 214 g/mol. The Bertz CT molecular complexity index is 456. The summed E-state index contributed by atoms with van der Waals surface area (Å²) in [4.78, 5) is 0. The molecule has 1 heterocycles. The van der Waals surface area contributed by atoms with E-state index in [4.69, 9.17) is 5.26 Å². The summed E-state index contributed by atoms with van der Waals surface area (Å²) >= 11 is 0. The molecule has 1 unspecified atom stereocenters. The summed E-state index contributed by atoms with van der Waals surface area (Å²) in [5.41, 5.74) is 0.679. The summed E-state index contributed by atoms with van der Waals surface area (Å²) in [6.45, 7) is 3.02. The van der Waals surface area contributed by atoms with Gasteiger partial charge >= 0.3 is 0 Å². The van der Waals surface area contributed by atoms with Crippen LogP contribution < -0.4 is 4.72 Å². The van der Waals surface area contributed by atoms with Crippen molar-refractivity contribution in [3.8, 4) is 6.07 Å². The van der Waals surface area contributed by atoms with E-state index in [0.29, 0.717) is 11.4 Å². The van der Waals surface area contributed by atoms with Crippen molar-refractivity contribution >= 4 is 15.8 Å². The number of hydrogen-bond donors (Lipinski definition) is 2. The lowest BCUT2D eigenvalue weighted by atomic mass is 10.4. The summed E-state index contributed by atoms with van der Waals surface area (Å²) in [5.74, 6) is 0.298. The minimum Gasteiger partial charge on any atom is -0.266 e. The molecule has 0 saturated carbocycles. The van der Waals surface area contributed by atoms with Crippen LogP contribution in [0.5, 0.6) is 0 Å². The first-order chi connectivity index (χ1) is 6.47. The normalized spacial score (nSPS) is 13.2. The fourth-order valence-electron chi connectivity index (χ4n) is 0.750. The maximum Gasteiger partial charge on any atom is 0.250 e.